The monoisotopic (exact) mass is 276 g/mol. The zero-order chi connectivity index (χ0) is 14.7. The van der Waals surface area contributed by atoms with Crippen molar-refractivity contribution in [2.24, 2.45) is 5.92 Å². The molecule has 0 aliphatic carbocycles. The summed E-state index contributed by atoms with van der Waals surface area (Å²) in [4.78, 5) is 26.3. The van der Waals surface area contributed by atoms with Crippen LogP contribution in [0.3, 0.4) is 0 Å². The van der Waals surface area contributed by atoms with Crippen LogP contribution in [0.5, 0.6) is 0 Å². The minimum atomic E-state index is -0.900. The van der Waals surface area contributed by atoms with Crippen LogP contribution < -0.4 is 4.90 Å². The van der Waals surface area contributed by atoms with Gasteiger partial charge in [0, 0.05) is 31.7 Å². The lowest BCUT2D eigenvalue weighted by molar-refractivity contribution is -0.123. The molecule has 1 heterocycles. The van der Waals surface area contributed by atoms with Gasteiger partial charge in [0.25, 0.3) is 0 Å². The maximum atomic E-state index is 12.4. The standard InChI is InChI=1S/C15H20N2O3/c1-11-3-5-13(6-4-11)16(2)14(18)12-7-9-17(10-8-12)15(19)20/h3-6,12H,7-10H2,1-2H3,(H,19,20). The normalized spacial score (nSPS) is 16.0. The molecule has 0 bridgehead atoms. The lowest BCUT2D eigenvalue weighted by atomic mass is 9.95. The van der Waals surface area contributed by atoms with Crippen molar-refractivity contribution in [3.63, 3.8) is 0 Å². The van der Waals surface area contributed by atoms with Gasteiger partial charge in [0.05, 0.1) is 0 Å². The highest BCUT2D eigenvalue weighted by Crippen LogP contribution is 2.22. The van der Waals surface area contributed by atoms with Crippen LogP contribution in [-0.2, 0) is 4.79 Å². The molecule has 5 nitrogen and oxygen atoms in total. The zero-order valence-corrected chi connectivity index (χ0v) is 11.9. The van der Waals surface area contributed by atoms with Crippen molar-refractivity contribution in [2.75, 3.05) is 25.0 Å². The molecule has 0 atom stereocenters. The molecule has 0 unspecified atom stereocenters. The van der Waals surface area contributed by atoms with E-state index in [1.54, 1.807) is 11.9 Å². The molecule has 0 spiro atoms. The second-order valence-corrected chi connectivity index (χ2v) is 5.28. The molecule has 20 heavy (non-hydrogen) atoms. The van der Waals surface area contributed by atoms with Gasteiger partial charge in [-0.2, -0.15) is 0 Å². The highest BCUT2D eigenvalue weighted by Gasteiger charge is 2.29. The first-order chi connectivity index (χ1) is 9.49. The zero-order valence-electron chi connectivity index (χ0n) is 11.9. The van der Waals surface area contributed by atoms with E-state index in [1.165, 1.54) is 4.90 Å². The average Bonchev–Trinajstić information content (AvgIpc) is 2.46. The predicted molar refractivity (Wildman–Crippen MR) is 76.9 cm³/mol. The van der Waals surface area contributed by atoms with E-state index in [1.807, 2.05) is 31.2 Å². The molecular formula is C15H20N2O3. The molecule has 108 valence electrons. The van der Waals surface area contributed by atoms with Gasteiger partial charge in [0.1, 0.15) is 0 Å². The topological polar surface area (TPSA) is 60.9 Å². The Bertz CT molecular complexity index is 490. The van der Waals surface area contributed by atoms with Crippen LogP contribution in [0.4, 0.5) is 10.5 Å². The minimum Gasteiger partial charge on any atom is -0.465 e. The van der Waals surface area contributed by atoms with Crippen LogP contribution in [0.1, 0.15) is 18.4 Å². The van der Waals surface area contributed by atoms with Gasteiger partial charge in [-0.1, -0.05) is 17.7 Å². The fourth-order valence-electron chi connectivity index (χ4n) is 2.49. The SMILES string of the molecule is Cc1ccc(N(C)C(=O)C2CCN(C(=O)O)CC2)cc1. The molecule has 1 aromatic rings. The highest BCUT2D eigenvalue weighted by molar-refractivity contribution is 5.94. The Morgan fingerprint density at radius 1 is 1.20 bits per heavy atom. The summed E-state index contributed by atoms with van der Waals surface area (Å²) in [5.41, 5.74) is 2.03. The summed E-state index contributed by atoms with van der Waals surface area (Å²) in [5.74, 6) is -0.0178. The van der Waals surface area contributed by atoms with Crippen molar-refractivity contribution in [2.45, 2.75) is 19.8 Å². The Kier molecular flexibility index (Phi) is 4.27. The summed E-state index contributed by atoms with van der Waals surface area (Å²) < 4.78 is 0. The number of amides is 2. The van der Waals surface area contributed by atoms with Gasteiger partial charge < -0.3 is 14.9 Å². The molecular weight excluding hydrogens is 256 g/mol. The molecule has 5 heteroatoms. The quantitative estimate of drug-likeness (QED) is 0.902. The van der Waals surface area contributed by atoms with Gasteiger partial charge in [-0.25, -0.2) is 4.79 Å². The minimum absolute atomic E-state index is 0.0684. The van der Waals surface area contributed by atoms with Crippen molar-refractivity contribution >= 4 is 17.7 Å². The molecule has 2 rings (SSSR count). The van der Waals surface area contributed by atoms with E-state index < -0.39 is 6.09 Å². The lowest BCUT2D eigenvalue weighted by Crippen LogP contribution is -2.43. The highest BCUT2D eigenvalue weighted by atomic mass is 16.4. The fraction of sp³-hybridized carbons (Fsp3) is 0.467. The van der Waals surface area contributed by atoms with E-state index in [-0.39, 0.29) is 11.8 Å². The maximum Gasteiger partial charge on any atom is 0.407 e. The maximum absolute atomic E-state index is 12.4. The predicted octanol–water partition coefficient (Wildman–Crippen LogP) is 2.35. The third-order valence-corrected chi connectivity index (χ3v) is 3.87. The number of hydrogen-bond acceptors (Lipinski definition) is 2. The van der Waals surface area contributed by atoms with Gasteiger partial charge in [-0.3, -0.25) is 4.79 Å². The van der Waals surface area contributed by atoms with Crippen molar-refractivity contribution in [3.05, 3.63) is 29.8 Å². The van der Waals surface area contributed by atoms with E-state index in [0.29, 0.717) is 25.9 Å². The number of nitrogens with zero attached hydrogens (tertiary/aromatic N) is 2. The number of hydrogen-bond donors (Lipinski definition) is 1. The molecule has 1 aliphatic rings. The van der Waals surface area contributed by atoms with E-state index in [9.17, 15) is 9.59 Å². The van der Waals surface area contributed by atoms with Gasteiger partial charge in [-0.05, 0) is 31.9 Å². The van der Waals surface area contributed by atoms with Crippen LogP contribution >= 0.6 is 0 Å². The van der Waals surface area contributed by atoms with Crippen LogP contribution in [0.15, 0.2) is 24.3 Å². The molecule has 0 saturated carbocycles. The summed E-state index contributed by atoms with van der Waals surface area (Å²) in [7, 11) is 1.77. The van der Waals surface area contributed by atoms with Gasteiger partial charge in [-0.15, -0.1) is 0 Å². The van der Waals surface area contributed by atoms with Crippen molar-refractivity contribution in [1.29, 1.82) is 0 Å². The summed E-state index contributed by atoms with van der Waals surface area (Å²) in [5, 5.41) is 8.91. The second kappa shape index (κ2) is 5.94. The summed E-state index contributed by atoms with van der Waals surface area (Å²) >= 11 is 0. The number of rotatable bonds is 2. The molecule has 2 amide bonds. The van der Waals surface area contributed by atoms with Gasteiger partial charge in [0.15, 0.2) is 0 Å². The molecule has 0 radical (unpaired) electrons. The Hall–Kier alpha value is -2.04. The Labute approximate surface area is 118 Å². The van der Waals surface area contributed by atoms with Crippen LogP contribution in [-0.4, -0.2) is 42.1 Å². The largest absolute Gasteiger partial charge is 0.465 e. The van der Waals surface area contributed by atoms with E-state index in [0.717, 1.165) is 11.3 Å². The van der Waals surface area contributed by atoms with Crippen LogP contribution in [0.25, 0.3) is 0 Å². The first-order valence-corrected chi connectivity index (χ1v) is 6.81. The van der Waals surface area contributed by atoms with E-state index in [4.69, 9.17) is 5.11 Å². The van der Waals surface area contributed by atoms with E-state index in [2.05, 4.69) is 0 Å². The fourth-order valence-corrected chi connectivity index (χ4v) is 2.49. The molecule has 1 aliphatic heterocycles. The number of benzene rings is 1. The third-order valence-electron chi connectivity index (χ3n) is 3.87. The molecule has 0 aromatic heterocycles. The number of carbonyl (C=O) groups excluding carboxylic acids is 1. The van der Waals surface area contributed by atoms with E-state index >= 15 is 0 Å². The summed E-state index contributed by atoms with van der Waals surface area (Å²) in [6.45, 7) is 2.88. The van der Waals surface area contributed by atoms with Gasteiger partial charge >= 0.3 is 6.09 Å². The van der Waals surface area contributed by atoms with Crippen LogP contribution in [0, 0.1) is 12.8 Å². The number of carbonyl (C=O) groups is 2. The van der Waals surface area contributed by atoms with Crippen molar-refractivity contribution in [3.8, 4) is 0 Å². The summed E-state index contributed by atoms with van der Waals surface area (Å²) in [6.07, 6.45) is 0.297. The van der Waals surface area contributed by atoms with Crippen molar-refractivity contribution in [1.82, 2.24) is 4.90 Å². The van der Waals surface area contributed by atoms with Crippen LogP contribution in [0.2, 0.25) is 0 Å². The number of anilines is 1. The number of piperidine rings is 1. The third kappa shape index (κ3) is 3.10. The Morgan fingerprint density at radius 2 is 1.75 bits per heavy atom. The second-order valence-electron chi connectivity index (χ2n) is 5.28. The van der Waals surface area contributed by atoms with Gasteiger partial charge in [0.2, 0.25) is 5.91 Å². The Balaban J connectivity index is 1.98. The molecule has 1 N–H and O–H groups in total. The lowest BCUT2D eigenvalue weighted by Gasteiger charge is -2.31. The number of likely N-dealkylation sites (tertiary alicyclic amines) is 1. The first-order valence-electron chi connectivity index (χ1n) is 6.81. The molecule has 1 saturated heterocycles. The number of aryl methyl sites for hydroxylation is 1. The Morgan fingerprint density at radius 3 is 2.25 bits per heavy atom. The smallest absolute Gasteiger partial charge is 0.407 e. The number of carboxylic acid groups (broad SMARTS) is 1. The molecule has 1 aromatic carbocycles. The summed E-state index contributed by atoms with van der Waals surface area (Å²) in [6, 6.07) is 7.82. The average molecular weight is 276 g/mol. The van der Waals surface area contributed by atoms with Crippen molar-refractivity contribution < 1.29 is 14.7 Å². The first kappa shape index (κ1) is 14.4. The molecule has 1 fully saturated rings.